The van der Waals surface area contributed by atoms with Crippen LogP contribution in [0.4, 0.5) is 0 Å². The Morgan fingerprint density at radius 1 is 1.25 bits per heavy atom. The van der Waals surface area contributed by atoms with Crippen molar-refractivity contribution < 1.29 is 9.84 Å². The predicted octanol–water partition coefficient (Wildman–Crippen LogP) is 3.38. The van der Waals surface area contributed by atoms with E-state index < -0.39 is 0 Å². The van der Waals surface area contributed by atoms with Crippen LogP contribution >= 0.6 is 0 Å². The molecule has 0 aromatic rings. The molecule has 0 heterocycles. The molecule has 0 unspecified atom stereocenters. The van der Waals surface area contributed by atoms with Gasteiger partial charge in [0.15, 0.2) is 0 Å². The van der Waals surface area contributed by atoms with Crippen molar-refractivity contribution in [2.24, 2.45) is 11.3 Å². The first-order valence-electron chi connectivity index (χ1n) is 6.74. The average molecular weight is 228 g/mol. The highest BCUT2D eigenvalue weighted by Gasteiger charge is 2.34. The first kappa shape index (κ1) is 14.0. The topological polar surface area (TPSA) is 29.5 Å². The van der Waals surface area contributed by atoms with Gasteiger partial charge in [0.05, 0.1) is 18.8 Å². The number of hydrogen-bond acceptors (Lipinski definition) is 2. The fourth-order valence-corrected chi connectivity index (χ4v) is 2.64. The van der Waals surface area contributed by atoms with E-state index in [2.05, 4.69) is 20.8 Å². The zero-order valence-corrected chi connectivity index (χ0v) is 11.3. The Balaban J connectivity index is 2.47. The number of rotatable bonds is 4. The van der Waals surface area contributed by atoms with Crippen molar-refractivity contribution in [3.63, 3.8) is 0 Å². The van der Waals surface area contributed by atoms with Gasteiger partial charge in [0.25, 0.3) is 0 Å². The van der Waals surface area contributed by atoms with Crippen LogP contribution < -0.4 is 0 Å². The molecule has 1 rings (SSSR count). The minimum absolute atomic E-state index is 0.289. The van der Waals surface area contributed by atoms with Crippen molar-refractivity contribution in [2.45, 2.75) is 72.0 Å². The van der Waals surface area contributed by atoms with Crippen LogP contribution in [-0.2, 0) is 4.74 Å². The van der Waals surface area contributed by atoms with Gasteiger partial charge in [-0.25, -0.2) is 0 Å². The Labute approximate surface area is 100 Å². The van der Waals surface area contributed by atoms with E-state index in [0.717, 1.165) is 6.42 Å². The monoisotopic (exact) mass is 228 g/mol. The largest absolute Gasteiger partial charge is 0.391 e. The van der Waals surface area contributed by atoms with Crippen LogP contribution in [0.2, 0.25) is 0 Å². The number of aliphatic hydroxyl groups is 1. The summed E-state index contributed by atoms with van der Waals surface area (Å²) >= 11 is 0. The van der Waals surface area contributed by atoms with Gasteiger partial charge in [-0.15, -0.1) is 0 Å². The van der Waals surface area contributed by atoms with Crippen LogP contribution in [0.25, 0.3) is 0 Å². The van der Waals surface area contributed by atoms with Crippen molar-refractivity contribution in [2.75, 3.05) is 6.61 Å². The number of hydrogen-bond donors (Lipinski definition) is 1. The Hall–Kier alpha value is -0.0800. The normalized spacial score (nSPS) is 29.1. The van der Waals surface area contributed by atoms with E-state index in [4.69, 9.17) is 4.74 Å². The van der Waals surface area contributed by atoms with Crippen molar-refractivity contribution >= 4 is 0 Å². The summed E-state index contributed by atoms with van der Waals surface area (Å²) in [6.07, 6.45) is 5.90. The molecule has 0 bridgehead atoms. The lowest BCUT2D eigenvalue weighted by Gasteiger charge is -2.40. The molecular formula is C14H28O2. The zero-order valence-electron chi connectivity index (χ0n) is 11.3. The van der Waals surface area contributed by atoms with Gasteiger partial charge in [0.1, 0.15) is 0 Å². The third-order valence-electron chi connectivity index (χ3n) is 3.79. The van der Waals surface area contributed by atoms with Gasteiger partial charge in [0, 0.05) is 0 Å². The molecule has 0 saturated heterocycles. The van der Waals surface area contributed by atoms with Crippen molar-refractivity contribution in [1.82, 2.24) is 0 Å². The Morgan fingerprint density at radius 3 is 2.44 bits per heavy atom. The smallest absolute Gasteiger partial charge is 0.0771 e. The van der Waals surface area contributed by atoms with E-state index in [0.29, 0.717) is 24.0 Å². The number of aliphatic hydroxyl groups excluding tert-OH is 1. The molecular weight excluding hydrogens is 200 g/mol. The average Bonchev–Trinajstić information content (AvgIpc) is 2.25. The van der Waals surface area contributed by atoms with Gasteiger partial charge in [-0.1, -0.05) is 40.5 Å². The van der Waals surface area contributed by atoms with E-state index >= 15 is 0 Å². The lowest BCUT2D eigenvalue weighted by molar-refractivity contribution is -0.0756. The van der Waals surface area contributed by atoms with Gasteiger partial charge in [0.2, 0.25) is 0 Å². The Kier molecular flexibility index (Phi) is 5.26. The van der Waals surface area contributed by atoms with Crippen LogP contribution in [0.5, 0.6) is 0 Å². The fraction of sp³-hybridized carbons (Fsp3) is 1.00. The van der Waals surface area contributed by atoms with Crippen LogP contribution in [-0.4, -0.2) is 23.9 Å². The minimum atomic E-state index is -0.289. The zero-order chi connectivity index (χ0) is 12.2. The standard InChI is InChI=1S/C14H28O2/c1-5-11(15)10-16-13-9-7-6-8-12(13)14(2,3)4/h11-13,15H,5-10H2,1-4H3/t11-,12-,13-/m1/s1. The molecule has 1 saturated carbocycles. The highest BCUT2D eigenvalue weighted by Crippen LogP contribution is 2.39. The minimum Gasteiger partial charge on any atom is -0.391 e. The summed E-state index contributed by atoms with van der Waals surface area (Å²) in [5, 5.41) is 9.55. The summed E-state index contributed by atoms with van der Waals surface area (Å²) in [4.78, 5) is 0. The molecule has 2 heteroatoms. The maximum absolute atomic E-state index is 9.55. The second-order valence-corrected chi connectivity index (χ2v) is 6.19. The molecule has 0 aromatic carbocycles. The summed E-state index contributed by atoms with van der Waals surface area (Å²) < 4.78 is 5.92. The third-order valence-corrected chi connectivity index (χ3v) is 3.79. The van der Waals surface area contributed by atoms with E-state index in [1.807, 2.05) is 6.92 Å². The Bertz CT molecular complexity index is 195. The van der Waals surface area contributed by atoms with Gasteiger partial charge in [-0.3, -0.25) is 0 Å². The summed E-state index contributed by atoms with van der Waals surface area (Å²) in [6, 6.07) is 0. The molecule has 1 N–H and O–H groups in total. The first-order valence-corrected chi connectivity index (χ1v) is 6.74. The van der Waals surface area contributed by atoms with Crippen molar-refractivity contribution in [3.8, 4) is 0 Å². The molecule has 0 aliphatic heterocycles. The second kappa shape index (κ2) is 6.02. The molecule has 0 amide bonds. The fourth-order valence-electron chi connectivity index (χ4n) is 2.64. The molecule has 1 fully saturated rings. The second-order valence-electron chi connectivity index (χ2n) is 6.19. The van der Waals surface area contributed by atoms with Crippen LogP contribution in [0.1, 0.15) is 59.8 Å². The lowest BCUT2D eigenvalue weighted by atomic mass is 9.70. The molecule has 2 nitrogen and oxygen atoms in total. The predicted molar refractivity (Wildman–Crippen MR) is 67.5 cm³/mol. The van der Waals surface area contributed by atoms with E-state index in [1.165, 1.54) is 25.7 Å². The molecule has 1 aliphatic rings. The maximum atomic E-state index is 9.55. The summed E-state index contributed by atoms with van der Waals surface area (Å²) in [5.74, 6) is 0.644. The van der Waals surface area contributed by atoms with E-state index in [1.54, 1.807) is 0 Å². The first-order chi connectivity index (χ1) is 7.45. The molecule has 0 aromatic heterocycles. The highest BCUT2D eigenvalue weighted by atomic mass is 16.5. The molecule has 1 aliphatic carbocycles. The van der Waals surface area contributed by atoms with E-state index in [9.17, 15) is 5.11 Å². The van der Waals surface area contributed by atoms with Gasteiger partial charge >= 0.3 is 0 Å². The molecule has 3 atom stereocenters. The molecule has 16 heavy (non-hydrogen) atoms. The molecule has 96 valence electrons. The van der Waals surface area contributed by atoms with Gasteiger partial charge in [-0.05, 0) is 30.6 Å². The highest BCUT2D eigenvalue weighted by molar-refractivity contribution is 4.84. The summed E-state index contributed by atoms with van der Waals surface area (Å²) in [5.41, 5.74) is 0.322. The van der Waals surface area contributed by atoms with Gasteiger partial charge < -0.3 is 9.84 Å². The molecule has 0 radical (unpaired) electrons. The lowest BCUT2D eigenvalue weighted by Crippen LogP contribution is -2.38. The van der Waals surface area contributed by atoms with Crippen molar-refractivity contribution in [3.05, 3.63) is 0 Å². The maximum Gasteiger partial charge on any atom is 0.0771 e. The van der Waals surface area contributed by atoms with Crippen LogP contribution in [0.15, 0.2) is 0 Å². The van der Waals surface area contributed by atoms with E-state index in [-0.39, 0.29) is 6.10 Å². The van der Waals surface area contributed by atoms with Crippen LogP contribution in [0.3, 0.4) is 0 Å². The quantitative estimate of drug-likeness (QED) is 0.799. The van der Waals surface area contributed by atoms with Crippen molar-refractivity contribution in [1.29, 1.82) is 0 Å². The summed E-state index contributed by atoms with van der Waals surface area (Å²) in [6.45, 7) is 9.41. The SMILES string of the molecule is CC[C@@H](O)CO[C@@H]1CCCC[C@H]1C(C)(C)C. The Morgan fingerprint density at radius 2 is 1.88 bits per heavy atom. The van der Waals surface area contributed by atoms with Gasteiger partial charge in [-0.2, -0.15) is 0 Å². The third kappa shape index (κ3) is 4.06. The summed E-state index contributed by atoms with van der Waals surface area (Å²) in [7, 11) is 0. The number of ether oxygens (including phenoxy) is 1. The van der Waals surface area contributed by atoms with Crippen LogP contribution in [0, 0.1) is 11.3 Å². The molecule has 0 spiro atoms.